The van der Waals surface area contributed by atoms with Gasteiger partial charge in [0.1, 0.15) is 5.82 Å². The summed E-state index contributed by atoms with van der Waals surface area (Å²) in [5, 5.41) is 11.7. The zero-order valence-electron chi connectivity index (χ0n) is 11.4. The maximum Gasteiger partial charge on any atom is 0.310 e. The number of amides is 1. The molecular formula is C14H17ClFNO3. The summed E-state index contributed by atoms with van der Waals surface area (Å²) in [6.45, 7) is 3.46. The maximum absolute atomic E-state index is 13.3. The van der Waals surface area contributed by atoms with Crippen LogP contribution in [0.5, 0.6) is 0 Å². The van der Waals surface area contributed by atoms with E-state index in [0.717, 1.165) is 6.07 Å². The first-order valence-electron chi connectivity index (χ1n) is 6.33. The minimum Gasteiger partial charge on any atom is -0.481 e. The van der Waals surface area contributed by atoms with Crippen molar-refractivity contribution in [1.29, 1.82) is 0 Å². The van der Waals surface area contributed by atoms with Gasteiger partial charge >= 0.3 is 5.97 Å². The van der Waals surface area contributed by atoms with Gasteiger partial charge in [-0.05, 0) is 31.0 Å². The molecule has 110 valence electrons. The quantitative estimate of drug-likeness (QED) is 0.842. The Morgan fingerprint density at radius 2 is 1.95 bits per heavy atom. The highest BCUT2D eigenvalue weighted by Crippen LogP contribution is 2.31. The third kappa shape index (κ3) is 3.70. The number of hydrogen-bond acceptors (Lipinski definition) is 2. The Hall–Kier alpha value is -1.62. The second kappa shape index (κ2) is 6.70. The van der Waals surface area contributed by atoms with E-state index in [1.807, 2.05) is 0 Å². The molecule has 1 aromatic carbocycles. The van der Waals surface area contributed by atoms with E-state index < -0.39 is 23.1 Å². The van der Waals surface area contributed by atoms with Crippen LogP contribution in [0.25, 0.3) is 0 Å². The van der Waals surface area contributed by atoms with E-state index in [9.17, 15) is 19.1 Å². The number of carboxylic acid groups (broad SMARTS) is 1. The normalized spacial score (nSPS) is 11.2. The van der Waals surface area contributed by atoms with Crippen molar-refractivity contribution in [3.8, 4) is 0 Å². The molecule has 6 heteroatoms. The van der Waals surface area contributed by atoms with Crippen molar-refractivity contribution in [3.05, 3.63) is 29.0 Å². The first kappa shape index (κ1) is 16.4. The number of halogens is 2. The van der Waals surface area contributed by atoms with Crippen LogP contribution in [0.2, 0.25) is 5.02 Å². The molecular weight excluding hydrogens is 285 g/mol. The Balaban J connectivity index is 2.80. The summed E-state index contributed by atoms with van der Waals surface area (Å²) >= 11 is 5.54. The number of hydrogen-bond donors (Lipinski definition) is 2. The summed E-state index contributed by atoms with van der Waals surface area (Å²) in [4.78, 5) is 23.2. The lowest BCUT2D eigenvalue weighted by Gasteiger charge is -2.25. The van der Waals surface area contributed by atoms with Gasteiger partial charge in [-0.1, -0.05) is 25.4 Å². The van der Waals surface area contributed by atoms with Crippen molar-refractivity contribution in [2.75, 3.05) is 5.32 Å². The molecule has 1 aromatic rings. The van der Waals surface area contributed by atoms with Gasteiger partial charge in [-0.15, -0.1) is 0 Å². The minimum atomic E-state index is -1.09. The van der Waals surface area contributed by atoms with Crippen molar-refractivity contribution in [2.24, 2.45) is 5.41 Å². The molecule has 0 aliphatic heterocycles. The molecule has 4 nitrogen and oxygen atoms in total. The van der Waals surface area contributed by atoms with Crippen LogP contribution in [0.4, 0.5) is 10.1 Å². The molecule has 1 amide bonds. The molecule has 0 heterocycles. The van der Waals surface area contributed by atoms with Crippen LogP contribution in [0.3, 0.4) is 0 Å². The number of anilines is 1. The van der Waals surface area contributed by atoms with Gasteiger partial charge in [0.25, 0.3) is 0 Å². The van der Waals surface area contributed by atoms with Crippen molar-refractivity contribution < 1.29 is 19.1 Å². The molecule has 0 fully saturated rings. The fourth-order valence-electron chi connectivity index (χ4n) is 1.96. The summed E-state index contributed by atoms with van der Waals surface area (Å²) in [6, 6.07) is 3.89. The van der Waals surface area contributed by atoms with Crippen LogP contribution in [0.1, 0.15) is 33.1 Å². The first-order valence-corrected chi connectivity index (χ1v) is 6.70. The molecule has 0 radical (unpaired) electrons. The lowest BCUT2D eigenvalue weighted by molar-refractivity contribution is -0.151. The maximum atomic E-state index is 13.3. The van der Waals surface area contributed by atoms with Crippen LogP contribution >= 0.6 is 11.6 Å². The molecule has 0 aliphatic rings. The largest absolute Gasteiger partial charge is 0.481 e. The van der Waals surface area contributed by atoms with Crippen LogP contribution in [0, 0.1) is 11.2 Å². The monoisotopic (exact) mass is 301 g/mol. The second-order valence-corrected chi connectivity index (χ2v) is 5.05. The molecule has 0 atom stereocenters. The number of nitrogens with one attached hydrogen (secondary N) is 1. The van der Waals surface area contributed by atoms with Gasteiger partial charge in [-0.2, -0.15) is 0 Å². The van der Waals surface area contributed by atoms with E-state index in [1.54, 1.807) is 13.8 Å². The summed E-state index contributed by atoms with van der Waals surface area (Å²) in [5.41, 5.74) is -0.835. The highest BCUT2D eigenvalue weighted by Gasteiger charge is 2.37. The van der Waals surface area contributed by atoms with Crippen molar-refractivity contribution >= 4 is 29.2 Å². The summed E-state index contributed by atoms with van der Waals surface area (Å²) in [5.74, 6) is -2.10. The summed E-state index contributed by atoms with van der Waals surface area (Å²) < 4.78 is 13.3. The van der Waals surface area contributed by atoms with Crippen LogP contribution in [-0.4, -0.2) is 17.0 Å². The Morgan fingerprint density at radius 3 is 2.40 bits per heavy atom. The number of benzene rings is 1. The number of rotatable bonds is 6. The third-order valence-corrected chi connectivity index (χ3v) is 3.82. The van der Waals surface area contributed by atoms with E-state index in [4.69, 9.17) is 11.6 Å². The van der Waals surface area contributed by atoms with Crippen LogP contribution in [0.15, 0.2) is 18.2 Å². The molecule has 20 heavy (non-hydrogen) atoms. The molecule has 0 bridgehead atoms. The van der Waals surface area contributed by atoms with E-state index in [-0.39, 0.29) is 17.1 Å². The first-order chi connectivity index (χ1) is 9.34. The fraction of sp³-hybridized carbons (Fsp3) is 0.429. The summed E-state index contributed by atoms with van der Waals surface area (Å²) in [6.07, 6.45) is 0.544. The minimum absolute atomic E-state index is 0.0370. The number of carboxylic acids is 1. The van der Waals surface area contributed by atoms with Gasteiger partial charge in [-0.3, -0.25) is 9.59 Å². The highest BCUT2D eigenvalue weighted by atomic mass is 35.5. The van der Waals surface area contributed by atoms with Gasteiger partial charge in [0.15, 0.2) is 0 Å². The highest BCUT2D eigenvalue weighted by molar-refractivity contribution is 6.30. The molecule has 0 spiro atoms. The van der Waals surface area contributed by atoms with Gasteiger partial charge in [-0.25, -0.2) is 4.39 Å². The van der Waals surface area contributed by atoms with Gasteiger partial charge < -0.3 is 10.4 Å². The average molecular weight is 302 g/mol. The molecule has 2 N–H and O–H groups in total. The molecule has 0 unspecified atom stereocenters. The zero-order chi connectivity index (χ0) is 15.3. The fourth-order valence-corrected chi connectivity index (χ4v) is 2.08. The van der Waals surface area contributed by atoms with Crippen molar-refractivity contribution in [3.63, 3.8) is 0 Å². The predicted molar refractivity (Wildman–Crippen MR) is 75.3 cm³/mol. The van der Waals surface area contributed by atoms with E-state index in [1.165, 1.54) is 12.1 Å². The predicted octanol–water partition coefficient (Wildman–Crippen LogP) is 3.70. The third-order valence-electron chi connectivity index (χ3n) is 3.51. The van der Waals surface area contributed by atoms with Gasteiger partial charge in [0, 0.05) is 12.1 Å². The number of aliphatic carboxylic acids is 1. The Labute approximate surface area is 121 Å². The summed E-state index contributed by atoms with van der Waals surface area (Å²) in [7, 11) is 0. The van der Waals surface area contributed by atoms with Gasteiger partial charge in [0.2, 0.25) is 5.91 Å². The SMILES string of the molecule is CCC(CC)(CC(=O)Nc1ccc(Cl)c(F)c1)C(=O)O. The van der Waals surface area contributed by atoms with E-state index in [2.05, 4.69) is 5.32 Å². The Morgan fingerprint density at radius 1 is 1.35 bits per heavy atom. The molecule has 0 aromatic heterocycles. The topological polar surface area (TPSA) is 66.4 Å². The standard InChI is InChI=1S/C14H17ClFNO3/c1-3-14(4-2,13(19)20)8-12(18)17-9-5-6-10(15)11(16)7-9/h5-7H,3-4,8H2,1-2H3,(H,17,18)(H,19,20). The van der Waals surface area contributed by atoms with Crippen molar-refractivity contribution in [2.45, 2.75) is 33.1 Å². The average Bonchev–Trinajstić information content (AvgIpc) is 2.40. The van der Waals surface area contributed by atoms with Gasteiger partial charge in [0.05, 0.1) is 10.4 Å². The van der Waals surface area contributed by atoms with Crippen molar-refractivity contribution in [1.82, 2.24) is 0 Å². The Bertz CT molecular complexity index is 515. The molecule has 0 aliphatic carbocycles. The van der Waals surface area contributed by atoms with Crippen LogP contribution in [-0.2, 0) is 9.59 Å². The lowest BCUT2D eigenvalue weighted by Crippen LogP contribution is -2.34. The molecule has 1 rings (SSSR count). The number of carbonyl (C=O) groups is 2. The zero-order valence-corrected chi connectivity index (χ0v) is 12.1. The molecule has 0 saturated heterocycles. The van der Waals surface area contributed by atoms with Crippen LogP contribution < -0.4 is 5.32 Å². The Kier molecular flexibility index (Phi) is 5.51. The lowest BCUT2D eigenvalue weighted by atomic mass is 9.79. The second-order valence-electron chi connectivity index (χ2n) is 4.65. The number of carbonyl (C=O) groups excluding carboxylic acids is 1. The molecule has 0 saturated carbocycles. The smallest absolute Gasteiger partial charge is 0.310 e. The van der Waals surface area contributed by atoms with E-state index >= 15 is 0 Å². The van der Waals surface area contributed by atoms with E-state index in [0.29, 0.717) is 12.8 Å².